The van der Waals surface area contributed by atoms with Crippen molar-refractivity contribution >= 4 is 39.9 Å². The van der Waals surface area contributed by atoms with Crippen LogP contribution in [0.3, 0.4) is 0 Å². The van der Waals surface area contributed by atoms with Crippen LogP contribution in [-0.2, 0) is 25.2 Å². The highest BCUT2D eigenvalue weighted by molar-refractivity contribution is 7.86. The van der Waals surface area contributed by atoms with Crippen LogP contribution in [0.2, 0.25) is 0 Å². The molecule has 198 valence electrons. The summed E-state index contributed by atoms with van der Waals surface area (Å²) in [6.45, 7) is 3.72. The van der Waals surface area contributed by atoms with Gasteiger partial charge in [0.2, 0.25) is 24.5 Å². The fraction of sp³-hybridized carbons (Fsp3) is 0.444. The molecule has 37 heavy (non-hydrogen) atoms. The summed E-state index contributed by atoms with van der Waals surface area (Å²) in [5.74, 6) is -0.853. The monoisotopic (exact) mass is 527 g/mol. The minimum atomic E-state index is -1.78. The molecule has 0 bridgehead atoms. The molecule has 1 saturated carbocycles. The molecule has 2 aromatic rings. The molecule has 0 radical (unpaired) electrons. The second-order valence-corrected chi connectivity index (χ2v) is 10.9. The van der Waals surface area contributed by atoms with Crippen molar-refractivity contribution in [3.05, 3.63) is 48.0 Å². The van der Waals surface area contributed by atoms with Gasteiger partial charge >= 0.3 is 0 Å². The van der Waals surface area contributed by atoms with Crippen LogP contribution in [-0.4, -0.2) is 52.3 Å². The van der Waals surface area contributed by atoms with E-state index < -0.39 is 28.7 Å². The number of fused-ring (bicyclic) bond motifs is 1. The number of benzene rings is 2. The molecule has 10 heteroatoms. The van der Waals surface area contributed by atoms with Crippen molar-refractivity contribution < 1.29 is 28.1 Å². The van der Waals surface area contributed by atoms with Crippen molar-refractivity contribution in [2.24, 2.45) is 0 Å². The maximum atomic E-state index is 13.3. The van der Waals surface area contributed by atoms with E-state index in [2.05, 4.69) is 10.6 Å². The average molecular weight is 528 g/mol. The minimum absolute atomic E-state index is 0.104. The van der Waals surface area contributed by atoms with Gasteiger partial charge in [-0.15, -0.1) is 0 Å². The topological polar surface area (TPSA) is 114 Å². The third-order valence-electron chi connectivity index (χ3n) is 6.53. The summed E-state index contributed by atoms with van der Waals surface area (Å²) in [6, 6.07) is 11.5. The molecule has 4 rings (SSSR count). The lowest BCUT2D eigenvalue weighted by molar-refractivity contribution is -0.126. The molecule has 0 spiro atoms. The SMILES string of the molecule is Cc1ccc(N(C(=O)C[S@](=O)CC(=O)Nc2ccc3c(c2)OCO3)[C@@H](C)C(=O)NC2CCCCC2)cc1. The molecule has 1 heterocycles. The smallest absolute Gasteiger partial charge is 0.243 e. The molecular weight excluding hydrogens is 494 g/mol. The number of carbonyl (C=O) groups excluding carboxylic acids is 3. The molecule has 1 aliphatic heterocycles. The van der Waals surface area contributed by atoms with Gasteiger partial charge in [-0.25, -0.2) is 0 Å². The van der Waals surface area contributed by atoms with Crippen molar-refractivity contribution in [3.63, 3.8) is 0 Å². The minimum Gasteiger partial charge on any atom is -0.454 e. The molecule has 0 unspecified atom stereocenters. The zero-order chi connectivity index (χ0) is 26.4. The summed E-state index contributed by atoms with van der Waals surface area (Å²) in [4.78, 5) is 40.3. The fourth-order valence-electron chi connectivity index (χ4n) is 4.55. The predicted octanol–water partition coefficient (Wildman–Crippen LogP) is 3.28. The van der Waals surface area contributed by atoms with Crippen molar-refractivity contribution in [1.82, 2.24) is 5.32 Å². The Morgan fingerprint density at radius 1 is 1.00 bits per heavy atom. The van der Waals surface area contributed by atoms with E-state index in [4.69, 9.17) is 9.47 Å². The third-order valence-corrected chi connectivity index (χ3v) is 7.69. The first-order chi connectivity index (χ1) is 17.8. The van der Waals surface area contributed by atoms with E-state index >= 15 is 0 Å². The van der Waals surface area contributed by atoms with Crippen LogP contribution in [0.25, 0.3) is 0 Å². The first kappa shape index (κ1) is 26.7. The Bertz CT molecular complexity index is 1160. The molecular formula is C27H33N3O6S. The van der Waals surface area contributed by atoms with E-state index in [1.165, 1.54) is 11.3 Å². The highest BCUT2D eigenvalue weighted by atomic mass is 32.2. The number of rotatable bonds is 9. The average Bonchev–Trinajstić information content (AvgIpc) is 3.33. The Labute approximate surface area is 219 Å². The van der Waals surface area contributed by atoms with Crippen molar-refractivity contribution in [2.45, 2.75) is 58.0 Å². The van der Waals surface area contributed by atoms with E-state index in [9.17, 15) is 18.6 Å². The van der Waals surface area contributed by atoms with Gasteiger partial charge in [-0.2, -0.15) is 0 Å². The fourth-order valence-corrected chi connectivity index (χ4v) is 5.43. The summed E-state index contributed by atoms with van der Waals surface area (Å²) in [6.07, 6.45) is 5.18. The van der Waals surface area contributed by atoms with E-state index in [-0.39, 0.29) is 30.2 Å². The second kappa shape index (κ2) is 12.2. The number of ether oxygens (including phenoxy) is 2. The first-order valence-electron chi connectivity index (χ1n) is 12.5. The normalized spacial score (nSPS) is 16.5. The summed E-state index contributed by atoms with van der Waals surface area (Å²) < 4.78 is 23.4. The molecule has 0 aromatic heterocycles. The van der Waals surface area contributed by atoms with Crippen molar-refractivity contribution in [2.75, 3.05) is 28.5 Å². The van der Waals surface area contributed by atoms with Gasteiger partial charge in [-0.3, -0.25) is 23.5 Å². The lowest BCUT2D eigenvalue weighted by Crippen LogP contribution is -2.52. The molecule has 9 nitrogen and oxygen atoms in total. The number of anilines is 2. The van der Waals surface area contributed by atoms with Crippen LogP contribution in [0.4, 0.5) is 11.4 Å². The van der Waals surface area contributed by atoms with Crippen molar-refractivity contribution in [1.29, 1.82) is 0 Å². The summed E-state index contributed by atoms with van der Waals surface area (Å²) in [5.41, 5.74) is 2.04. The van der Waals surface area contributed by atoms with E-state index in [1.54, 1.807) is 37.3 Å². The number of nitrogens with one attached hydrogen (secondary N) is 2. The van der Waals surface area contributed by atoms with Gasteiger partial charge < -0.3 is 20.1 Å². The Morgan fingerprint density at radius 3 is 2.43 bits per heavy atom. The third kappa shape index (κ3) is 7.09. The van der Waals surface area contributed by atoms with Gasteiger partial charge in [0, 0.05) is 34.3 Å². The van der Waals surface area contributed by atoms with Crippen LogP contribution >= 0.6 is 0 Å². The van der Waals surface area contributed by atoms with Crippen LogP contribution in [0.15, 0.2) is 42.5 Å². The van der Waals surface area contributed by atoms with Crippen molar-refractivity contribution in [3.8, 4) is 11.5 Å². The first-order valence-corrected chi connectivity index (χ1v) is 14.0. The molecule has 3 amide bonds. The zero-order valence-corrected chi connectivity index (χ0v) is 22.0. The molecule has 2 N–H and O–H groups in total. The summed E-state index contributed by atoms with van der Waals surface area (Å²) in [5, 5.41) is 5.75. The van der Waals surface area contributed by atoms with E-state index in [0.717, 1.165) is 31.2 Å². The van der Waals surface area contributed by atoms with E-state index in [0.29, 0.717) is 22.9 Å². The standard InChI is InChI=1S/C27H33N3O6S/c1-18-8-11-22(12-9-18)30(19(2)27(33)29-20-6-4-3-5-7-20)26(32)16-37(34)15-25(31)28-21-10-13-23-24(14-21)36-17-35-23/h8-14,19-20H,3-7,15-17H2,1-2H3,(H,28,31)(H,29,33)/t19-,37+/m0/s1. The molecule has 2 aliphatic rings. The molecule has 2 aromatic carbocycles. The maximum absolute atomic E-state index is 13.3. The highest BCUT2D eigenvalue weighted by Crippen LogP contribution is 2.34. The van der Waals surface area contributed by atoms with Gasteiger partial charge in [0.15, 0.2) is 11.5 Å². The number of aryl methyl sites for hydroxylation is 1. The second-order valence-electron chi connectivity index (χ2n) is 9.46. The summed E-state index contributed by atoms with van der Waals surface area (Å²) >= 11 is 0. The molecule has 1 aliphatic carbocycles. The Hall–Kier alpha value is -3.40. The largest absolute Gasteiger partial charge is 0.454 e. The predicted molar refractivity (Wildman–Crippen MR) is 142 cm³/mol. The number of hydrogen-bond donors (Lipinski definition) is 2. The molecule has 0 saturated heterocycles. The number of amides is 3. The molecule has 1 fully saturated rings. The van der Waals surface area contributed by atoms with Crippen LogP contribution in [0.5, 0.6) is 11.5 Å². The number of nitrogens with zero attached hydrogens (tertiary/aromatic N) is 1. The number of hydrogen-bond acceptors (Lipinski definition) is 6. The zero-order valence-electron chi connectivity index (χ0n) is 21.2. The Balaban J connectivity index is 1.39. The van der Waals surface area contributed by atoms with E-state index in [1.807, 2.05) is 19.1 Å². The van der Waals surface area contributed by atoms with Gasteiger partial charge in [-0.1, -0.05) is 37.0 Å². The van der Waals surface area contributed by atoms with Crippen LogP contribution < -0.4 is 25.0 Å². The van der Waals surface area contributed by atoms with Crippen LogP contribution in [0, 0.1) is 6.92 Å². The summed E-state index contributed by atoms with van der Waals surface area (Å²) in [7, 11) is -1.78. The number of carbonyl (C=O) groups is 3. The Kier molecular flexibility index (Phi) is 8.81. The van der Waals surface area contributed by atoms with Gasteiger partial charge in [-0.05, 0) is 51.0 Å². The lowest BCUT2D eigenvalue weighted by atomic mass is 9.95. The lowest BCUT2D eigenvalue weighted by Gasteiger charge is -2.31. The maximum Gasteiger partial charge on any atom is 0.243 e. The van der Waals surface area contributed by atoms with Gasteiger partial charge in [0.25, 0.3) is 0 Å². The quantitative estimate of drug-likeness (QED) is 0.517. The highest BCUT2D eigenvalue weighted by Gasteiger charge is 2.30. The Morgan fingerprint density at radius 2 is 1.70 bits per heavy atom. The van der Waals surface area contributed by atoms with Crippen LogP contribution in [0.1, 0.15) is 44.6 Å². The molecule has 2 atom stereocenters. The van der Waals surface area contributed by atoms with Gasteiger partial charge in [0.1, 0.15) is 17.5 Å². The van der Waals surface area contributed by atoms with Gasteiger partial charge in [0.05, 0.1) is 0 Å².